The SMILES string of the molecule is CCN(CC)C(=O)CNSc1ccc(NC(=O)/C(C#N)=C(\O)c2cnoc2C)cc1. The van der Waals surface area contributed by atoms with Gasteiger partial charge in [0.05, 0.1) is 18.3 Å². The van der Waals surface area contributed by atoms with Crippen molar-refractivity contribution in [3.8, 4) is 6.07 Å². The molecule has 0 fully saturated rings. The molecule has 0 aliphatic heterocycles. The lowest BCUT2D eigenvalue weighted by Gasteiger charge is -2.18. The minimum absolute atomic E-state index is 0.0232. The monoisotopic (exact) mass is 429 g/mol. The predicted octanol–water partition coefficient (Wildman–Crippen LogP) is 2.88. The zero-order chi connectivity index (χ0) is 22.1. The lowest BCUT2D eigenvalue weighted by Crippen LogP contribution is -2.36. The molecule has 2 amide bonds. The third-order valence-electron chi connectivity index (χ3n) is 4.22. The standard InChI is InChI=1S/C20H23N5O4S/c1-4-25(5-2)18(26)12-23-30-15-8-6-14(7-9-15)24-20(28)16(10-21)19(27)17-11-22-29-13(17)3/h6-9,11,23,27H,4-5,12H2,1-3H3,(H,24,28)/b19-16-. The van der Waals surface area contributed by atoms with Gasteiger partial charge in [0.1, 0.15) is 11.8 Å². The highest BCUT2D eigenvalue weighted by molar-refractivity contribution is 7.97. The number of benzene rings is 1. The summed E-state index contributed by atoms with van der Waals surface area (Å²) < 4.78 is 7.86. The van der Waals surface area contributed by atoms with Crippen LogP contribution in [0.2, 0.25) is 0 Å². The van der Waals surface area contributed by atoms with E-state index in [9.17, 15) is 20.0 Å². The van der Waals surface area contributed by atoms with E-state index < -0.39 is 17.2 Å². The van der Waals surface area contributed by atoms with Crippen molar-refractivity contribution in [1.29, 1.82) is 5.26 Å². The average Bonchev–Trinajstić information content (AvgIpc) is 3.16. The van der Waals surface area contributed by atoms with Crippen LogP contribution in [0.4, 0.5) is 5.69 Å². The van der Waals surface area contributed by atoms with E-state index in [4.69, 9.17) is 4.52 Å². The van der Waals surface area contributed by atoms with E-state index in [0.717, 1.165) is 4.90 Å². The molecule has 0 aliphatic carbocycles. The molecule has 158 valence electrons. The van der Waals surface area contributed by atoms with Crippen LogP contribution in [-0.2, 0) is 9.59 Å². The van der Waals surface area contributed by atoms with Gasteiger partial charge < -0.3 is 19.8 Å². The number of aryl methyl sites for hydroxylation is 1. The molecule has 2 aromatic rings. The van der Waals surface area contributed by atoms with Gasteiger partial charge in [-0.15, -0.1) is 0 Å². The summed E-state index contributed by atoms with van der Waals surface area (Å²) in [6, 6.07) is 8.54. The van der Waals surface area contributed by atoms with Crippen molar-refractivity contribution < 1.29 is 19.2 Å². The van der Waals surface area contributed by atoms with Gasteiger partial charge in [-0.05, 0) is 57.0 Å². The number of rotatable bonds is 9. The van der Waals surface area contributed by atoms with Crippen LogP contribution in [0.5, 0.6) is 0 Å². The van der Waals surface area contributed by atoms with E-state index in [1.54, 1.807) is 42.2 Å². The number of carbonyl (C=O) groups is 2. The van der Waals surface area contributed by atoms with Crippen molar-refractivity contribution in [3.63, 3.8) is 0 Å². The molecule has 1 heterocycles. The summed E-state index contributed by atoms with van der Waals surface area (Å²) in [5.74, 6) is -0.932. The Bertz CT molecular complexity index is 958. The Morgan fingerprint density at radius 1 is 1.27 bits per heavy atom. The van der Waals surface area contributed by atoms with Crippen LogP contribution in [0.3, 0.4) is 0 Å². The van der Waals surface area contributed by atoms with Gasteiger partial charge in [0.25, 0.3) is 5.91 Å². The molecule has 1 aromatic carbocycles. The van der Waals surface area contributed by atoms with Crippen molar-refractivity contribution >= 4 is 35.2 Å². The fourth-order valence-electron chi connectivity index (χ4n) is 2.54. The Morgan fingerprint density at radius 3 is 2.47 bits per heavy atom. The smallest absolute Gasteiger partial charge is 0.270 e. The largest absolute Gasteiger partial charge is 0.506 e. The number of hydrogen-bond donors (Lipinski definition) is 3. The van der Waals surface area contributed by atoms with Gasteiger partial charge in [0.2, 0.25) is 5.91 Å². The van der Waals surface area contributed by atoms with Gasteiger partial charge in [-0.3, -0.25) is 14.3 Å². The predicted molar refractivity (Wildman–Crippen MR) is 113 cm³/mol. The van der Waals surface area contributed by atoms with Crippen LogP contribution in [0.15, 0.2) is 45.5 Å². The number of likely N-dealkylation sites (N-methyl/N-ethyl adjacent to an activating group) is 1. The molecule has 0 saturated carbocycles. The van der Waals surface area contributed by atoms with Gasteiger partial charge in [-0.2, -0.15) is 5.26 Å². The third kappa shape index (κ3) is 5.85. The number of aliphatic hydroxyl groups excluding tert-OH is 1. The van der Waals surface area contributed by atoms with Crippen LogP contribution in [0.1, 0.15) is 25.2 Å². The number of aliphatic hydroxyl groups is 1. The van der Waals surface area contributed by atoms with Gasteiger partial charge in [-0.1, -0.05) is 5.16 Å². The average molecular weight is 430 g/mol. The minimum Gasteiger partial charge on any atom is -0.506 e. The highest BCUT2D eigenvalue weighted by Gasteiger charge is 2.20. The van der Waals surface area contributed by atoms with Gasteiger partial charge in [0, 0.05) is 23.7 Å². The molecule has 0 spiro atoms. The highest BCUT2D eigenvalue weighted by atomic mass is 32.2. The molecule has 0 radical (unpaired) electrons. The molecule has 0 aliphatic rings. The van der Waals surface area contributed by atoms with Gasteiger partial charge in [-0.25, -0.2) is 0 Å². The lowest BCUT2D eigenvalue weighted by molar-refractivity contribution is -0.129. The van der Waals surface area contributed by atoms with E-state index in [-0.39, 0.29) is 18.0 Å². The minimum atomic E-state index is -0.751. The summed E-state index contributed by atoms with van der Waals surface area (Å²) in [5.41, 5.74) is 0.182. The van der Waals surface area contributed by atoms with Crippen molar-refractivity contribution in [2.24, 2.45) is 0 Å². The Hall–Kier alpha value is -3.29. The third-order valence-corrected chi connectivity index (χ3v) is 5.02. The van der Waals surface area contributed by atoms with Crippen LogP contribution < -0.4 is 10.0 Å². The van der Waals surface area contributed by atoms with Crippen LogP contribution >= 0.6 is 11.9 Å². The molecule has 0 atom stereocenters. The maximum atomic E-state index is 12.4. The first-order chi connectivity index (χ1) is 14.4. The van der Waals surface area contributed by atoms with Crippen LogP contribution in [0.25, 0.3) is 5.76 Å². The molecule has 0 saturated heterocycles. The summed E-state index contributed by atoms with van der Waals surface area (Å²) >= 11 is 1.30. The van der Waals surface area contributed by atoms with E-state index in [1.807, 2.05) is 13.8 Å². The zero-order valence-electron chi connectivity index (χ0n) is 16.9. The molecule has 0 unspecified atom stereocenters. The maximum absolute atomic E-state index is 12.4. The van der Waals surface area contributed by atoms with Crippen molar-refractivity contribution in [3.05, 3.63) is 47.4 Å². The number of nitrogens with zero attached hydrogens (tertiary/aromatic N) is 3. The van der Waals surface area contributed by atoms with E-state index in [0.29, 0.717) is 24.5 Å². The molecule has 0 bridgehead atoms. The number of hydrogen-bond acceptors (Lipinski definition) is 8. The second-order valence-corrected chi connectivity index (χ2v) is 7.06. The fourth-order valence-corrected chi connectivity index (χ4v) is 3.18. The summed E-state index contributed by atoms with van der Waals surface area (Å²) in [4.78, 5) is 26.9. The van der Waals surface area contributed by atoms with E-state index >= 15 is 0 Å². The number of aromatic nitrogens is 1. The molecule has 3 N–H and O–H groups in total. The normalized spacial score (nSPS) is 11.4. The Morgan fingerprint density at radius 2 is 1.93 bits per heavy atom. The first kappa shape index (κ1) is 23.0. The number of amides is 2. The van der Waals surface area contributed by atoms with E-state index in [2.05, 4.69) is 15.2 Å². The van der Waals surface area contributed by atoms with Crippen molar-refractivity contribution in [2.45, 2.75) is 25.7 Å². The summed E-state index contributed by atoms with van der Waals surface area (Å²) in [5, 5.41) is 25.6. The maximum Gasteiger partial charge on any atom is 0.270 e. The zero-order valence-corrected chi connectivity index (χ0v) is 17.7. The summed E-state index contributed by atoms with van der Waals surface area (Å²) in [6.45, 7) is 6.97. The van der Waals surface area contributed by atoms with Gasteiger partial charge >= 0.3 is 0 Å². The fraction of sp³-hybridized carbons (Fsp3) is 0.300. The second-order valence-electron chi connectivity index (χ2n) is 6.10. The highest BCUT2D eigenvalue weighted by Crippen LogP contribution is 2.22. The molecular weight excluding hydrogens is 406 g/mol. The summed E-state index contributed by atoms with van der Waals surface area (Å²) in [7, 11) is 0. The number of anilines is 1. The molecular formula is C20H23N5O4S. The van der Waals surface area contributed by atoms with Crippen LogP contribution in [-0.4, -0.2) is 46.6 Å². The lowest BCUT2D eigenvalue weighted by atomic mass is 10.1. The quantitative estimate of drug-likeness (QED) is 0.240. The second kappa shape index (κ2) is 11.0. The van der Waals surface area contributed by atoms with Crippen molar-refractivity contribution in [1.82, 2.24) is 14.8 Å². The summed E-state index contributed by atoms with van der Waals surface area (Å²) in [6.07, 6.45) is 1.24. The van der Waals surface area contributed by atoms with E-state index in [1.165, 1.54) is 18.1 Å². The molecule has 10 heteroatoms. The first-order valence-corrected chi connectivity index (χ1v) is 10.1. The molecule has 9 nitrogen and oxygen atoms in total. The van der Waals surface area contributed by atoms with Gasteiger partial charge in [0.15, 0.2) is 11.3 Å². The molecule has 2 rings (SSSR count). The first-order valence-electron chi connectivity index (χ1n) is 9.25. The Kier molecular flexibility index (Phi) is 8.46. The Balaban J connectivity index is 1.97. The topological polar surface area (TPSA) is 131 Å². The molecule has 1 aromatic heterocycles. The molecule has 30 heavy (non-hydrogen) atoms. The van der Waals surface area contributed by atoms with Crippen molar-refractivity contribution in [2.75, 3.05) is 25.0 Å². The Labute approximate surface area is 178 Å². The number of nitrogens with one attached hydrogen (secondary N) is 2. The number of carbonyl (C=O) groups excluding carboxylic acids is 2. The number of nitriles is 1. The van der Waals surface area contributed by atoms with Crippen LogP contribution in [0, 0.1) is 18.3 Å².